The van der Waals surface area contributed by atoms with Crippen LogP contribution in [-0.4, -0.2) is 5.33 Å². The lowest BCUT2D eigenvalue weighted by molar-refractivity contribution is 0.439. The van der Waals surface area contributed by atoms with E-state index in [-0.39, 0.29) is 0 Å². The maximum absolute atomic E-state index is 3.47. The van der Waals surface area contributed by atoms with Crippen LogP contribution in [0.3, 0.4) is 0 Å². The van der Waals surface area contributed by atoms with Gasteiger partial charge in [-0.05, 0) is 12.3 Å². The summed E-state index contributed by atoms with van der Waals surface area (Å²) in [6, 6.07) is 0. The third-order valence-electron chi connectivity index (χ3n) is 2.88. The van der Waals surface area contributed by atoms with Crippen LogP contribution >= 0.6 is 15.9 Å². The van der Waals surface area contributed by atoms with Crippen molar-refractivity contribution in [2.75, 3.05) is 5.33 Å². The van der Waals surface area contributed by atoms with Crippen LogP contribution in [0.1, 0.15) is 71.6 Å². The largest absolute Gasteiger partial charge is 0.0928 e. The quantitative estimate of drug-likeness (QED) is 0.358. The lowest BCUT2D eigenvalue weighted by atomic mass is 9.97. The number of hydrogen-bond acceptors (Lipinski definition) is 0. The normalized spacial score (nSPS) is 13.1. The highest BCUT2D eigenvalue weighted by molar-refractivity contribution is 9.09. The van der Waals surface area contributed by atoms with Gasteiger partial charge in [0.2, 0.25) is 0 Å². The van der Waals surface area contributed by atoms with Gasteiger partial charge in [-0.15, -0.1) is 0 Å². The van der Waals surface area contributed by atoms with E-state index in [1.165, 1.54) is 63.1 Å². The molecule has 86 valence electrons. The molecule has 14 heavy (non-hydrogen) atoms. The Morgan fingerprint density at radius 2 is 1.43 bits per heavy atom. The van der Waals surface area contributed by atoms with Gasteiger partial charge in [0, 0.05) is 5.33 Å². The molecule has 0 saturated carbocycles. The zero-order valence-electron chi connectivity index (χ0n) is 10.0. The highest BCUT2D eigenvalue weighted by Gasteiger charge is 2.01. The molecular weight excluding hydrogens is 236 g/mol. The first-order valence-electron chi connectivity index (χ1n) is 6.37. The third-order valence-corrected chi connectivity index (χ3v) is 3.44. The molecule has 1 unspecified atom stereocenters. The maximum atomic E-state index is 3.47. The van der Waals surface area contributed by atoms with E-state index in [1.54, 1.807) is 0 Å². The van der Waals surface area contributed by atoms with Gasteiger partial charge in [0.25, 0.3) is 0 Å². The molecule has 0 bridgehead atoms. The summed E-state index contributed by atoms with van der Waals surface area (Å²) in [5.41, 5.74) is 0. The minimum atomic E-state index is 0.963. The molecule has 0 fully saturated rings. The van der Waals surface area contributed by atoms with Crippen LogP contribution in [0.2, 0.25) is 0 Å². The van der Waals surface area contributed by atoms with Gasteiger partial charge in [0.1, 0.15) is 0 Å². The Labute approximate surface area is 99.0 Å². The summed E-state index contributed by atoms with van der Waals surface area (Å²) in [4.78, 5) is 0. The van der Waals surface area contributed by atoms with Gasteiger partial charge >= 0.3 is 0 Å². The second kappa shape index (κ2) is 11.6. The van der Waals surface area contributed by atoms with Crippen LogP contribution in [-0.2, 0) is 0 Å². The average Bonchev–Trinajstić information content (AvgIpc) is 2.18. The highest BCUT2D eigenvalue weighted by Crippen LogP contribution is 2.16. The molecule has 0 radical (unpaired) electrons. The van der Waals surface area contributed by atoms with E-state index < -0.39 is 0 Å². The molecule has 0 aromatic rings. The topological polar surface area (TPSA) is 0 Å². The van der Waals surface area contributed by atoms with Crippen LogP contribution in [0, 0.1) is 5.92 Å². The maximum Gasteiger partial charge on any atom is 0.00313 e. The lowest BCUT2D eigenvalue weighted by Gasteiger charge is -2.10. The monoisotopic (exact) mass is 262 g/mol. The number of rotatable bonds is 10. The zero-order chi connectivity index (χ0) is 10.6. The minimum absolute atomic E-state index is 0.963. The van der Waals surface area contributed by atoms with Gasteiger partial charge in [-0.2, -0.15) is 0 Å². The van der Waals surface area contributed by atoms with Crippen molar-refractivity contribution in [2.45, 2.75) is 71.6 Å². The van der Waals surface area contributed by atoms with E-state index in [0.29, 0.717) is 0 Å². The molecule has 0 aliphatic heterocycles. The Bertz CT molecular complexity index is 101. The third kappa shape index (κ3) is 10.6. The summed E-state index contributed by atoms with van der Waals surface area (Å²) in [7, 11) is 0. The van der Waals surface area contributed by atoms with E-state index in [9.17, 15) is 0 Å². The van der Waals surface area contributed by atoms with E-state index >= 15 is 0 Å². The average molecular weight is 263 g/mol. The summed E-state index contributed by atoms with van der Waals surface area (Å²) >= 11 is 3.47. The molecule has 0 saturated heterocycles. The van der Waals surface area contributed by atoms with Crippen molar-refractivity contribution in [2.24, 2.45) is 5.92 Å². The smallest absolute Gasteiger partial charge is 0.00313 e. The van der Waals surface area contributed by atoms with Gasteiger partial charge < -0.3 is 0 Å². The van der Waals surface area contributed by atoms with Crippen LogP contribution in [0.4, 0.5) is 0 Å². The molecule has 0 amide bonds. The Kier molecular flexibility index (Phi) is 12.0. The van der Waals surface area contributed by atoms with Crippen molar-refractivity contribution in [3.8, 4) is 0 Å². The summed E-state index contributed by atoms with van der Waals surface area (Å²) in [5.74, 6) is 0.963. The van der Waals surface area contributed by atoms with Gasteiger partial charge in [0.05, 0.1) is 0 Å². The van der Waals surface area contributed by atoms with Crippen molar-refractivity contribution >= 4 is 15.9 Å². The first-order chi connectivity index (χ1) is 6.81. The van der Waals surface area contributed by atoms with Crippen molar-refractivity contribution in [3.05, 3.63) is 0 Å². The molecule has 0 spiro atoms. The zero-order valence-corrected chi connectivity index (χ0v) is 11.6. The van der Waals surface area contributed by atoms with Crippen LogP contribution in [0.15, 0.2) is 0 Å². The highest BCUT2D eigenvalue weighted by atomic mass is 79.9. The van der Waals surface area contributed by atoms with Gasteiger partial charge in [-0.1, -0.05) is 81.1 Å². The van der Waals surface area contributed by atoms with E-state index in [0.717, 1.165) is 5.92 Å². The van der Waals surface area contributed by atoms with Crippen LogP contribution in [0.5, 0.6) is 0 Å². The number of alkyl halides is 1. The van der Waals surface area contributed by atoms with Gasteiger partial charge in [-0.25, -0.2) is 0 Å². The number of unbranched alkanes of at least 4 members (excludes halogenated alkanes) is 5. The molecule has 0 aromatic carbocycles. The molecule has 0 aliphatic carbocycles. The summed E-state index contributed by atoms with van der Waals surface area (Å²) in [6.45, 7) is 4.70. The predicted octanol–water partition coefficient (Wildman–Crippen LogP) is 5.55. The molecule has 0 nitrogen and oxygen atoms in total. The Hall–Kier alpha value is 0.480. The Morgan fingerprint density at radius 1 is 0.857 bits per heavy atom. The molecule has 0 rings (SSSR count). The van der Waals surface area contributed by atoms with Crippen molar-refractivity contribution < 1.29 is 0 Å². The second-order valence-electron chi connectivity index (χ2n) is 4.49. The van der Waals surface area contributed by atoms with Gasteiger partial charge in [-0.3, -0.25) is 0 Å². The fourth-order valence-electron chi connectivity index (χ4n) is 1.83. The standard InChI is InChI=1S/C13H27Br/c1-3-4-7-10-13(2)11-8-5-6-9-12-14/h13H,3-12H2,1-2H3. The van der Waals surface area contributed by atoms with Gasteiger partial charge in [0.15, 0.2) is 0 Å². The van der Waals surface area contributed by atoms with E-state index in [1.807, 2.05) is 0 Å². The summed E-state index contributed by atoms with van der Waals surface area (Å²) in [6.07, 6.45) is 12.8. The second-order valence-corrected chi connectivity index (χ2v) is 5.29. The first-order valence-corrected chi connectivity index (χ1v) is 7.49. The summed E-state index contributed by atoms with van der Waals surface area (Å²) in [5, 5.41) is 1.18. The fraction of sp³-hybridized carbons (Fsp3) is 1.00. The van der Waals surface area contributed by atoms with Crippen LogP contribution < -0.4 is 0 Å². The number of hydrogen-bond donors (Lipinski definition) is 0. The van der Waals surface area contributed by atoms with Crippen molar-refractivity contribution in [1.82, 2.24) is 0 Å². The minimum Gasteiger partial charge on any atom is -0.0928 e. The molecule has 1 atom stereocenters. The SMILES string of the molecule is CCCCCC(C)CCCCCCBr. The van der Waals surface area contributed by atoms with E-state index in [2.05, 4.69) is 29.8 Å². The molecule has 0 N–H and O–H groups in total. The lowest BCUT2D eigenvalue weighted by Crippen LogP contribution is -1.94. The van der Waals surface area contributed by atoms with Crippen molar-refractivity contribution in [3.63, 3.8) is 0 Å². The fourth-order valence-corrected chi connectivity index (χ4v) is 2.22. The number of halogens is 1. The van der Waals surface area contributed by atoms with E-state index in [4.69, 9.17) is 0 Å². The molecule has 0 aromatic heterocycles. The molecule has 0 aliphatic rings. The van der Waals surface area contributed by atoms with Crippen LogP contribution in [0.25, 0.3) is 0 Å². The molecule has 1 heteroatoms. The summed E-state index contributed by atoms with van der Waals surface area (Å²) < 4.78 is 0. The first kappa shape index (κ1) is 14.5. The molecule has 0 heterocycles. The van der Waals surface area contributed by atoms with Crippen molar-refractivity contribution in [1.29, 1.82) is 0 Å². The Balaban J connectivity index is 3.06. The molecular formula is C13H27Br. The Morgan fingerprint density at radius 3 is 2.00 bits per heavy atom. The predicted molar refractivity (Wildman–Crippen MR) is 70.2 cm³/mol.